The van der Waals surface area contributed by atoms with Crippen LogP contribution in [0.15, 0.2) is 22.7 Å². The molecule has 0 unspecified atom stereocenters. The number of nitrogens with two attached hydrogens (primary N) is 1. The molecule has 0 saturated carbocycles. The highest BCUT2D eigenvalue weighted by Crippen LogP contribution is 2.38. The minimum Gasteiger partial charge on any atom is -0.398 e. The molecule has 0 radical (unpaired) electrons. The van der Waals surface area contributed by atoms with E-state index in [1.165, 1.54) is 20.9 Å². The average Bonchev–Trinajstić information content (AvgIpc) is 2.51. The molecular weight excluding hydrogens is 282 g/mol. The Morgan fingerprint density at radius 3 is 2.31 bits per heavy atom. The molecule has 84 valence electrons. The van der Waals surface area contributed by atoms with Gasteiger partial charge in [0.2, 0.25) is 0 Å². The molecule has 0 atom stereocenters. The average molecular weight is 296 g/mol. The second kappa shape index (κ2) is 4.22. The monoisotopic (exact) mass is 295 g/mol. The first-order valence-corrected chi connectivity index (χ1v) is 6.73. The van der Waals surface area contributed by atoms with Crippen LogP contribution in [0.1, 0.15) is 16.0 Å². The summed E-state index contributed by atoms with van der Waals surface area (Å²) < 4.78 is 1.11. The van der Waals surface area contributed by atoms with Crippen LogP contribution in [0.4, 0.5) is 5.69 Å². The van der Waals surface area contributed by atoms with Gasteiger partial charge in [0, 0.05) is 25.5 Å². The van der Waals surface area contributed by atoms with Crippen LogP contribution in [0.2, 0.25) is 0 Å². The van der Waals surface area contributed by atoms with Gasteiger partial charge in [-0.3, -0.25) is 0 Å². The Balaban J connectivity index is 2.64. The van der Waals surface area contributed by atoms with Crippen LogP contribution in [0, 0.1) is 20.8 Å². The van der Waals surface area contributed by atoms with Crippen molar-refractivity contribution in [1.82, 2.24) is 0 Å². The lowest BCUT2D eigenvalue weighted by Crippen LogP contribution is -1.91. The fourth-order valence-electron chi connectivity index (χ4n) is 1.77. The maximum Gasteiger partial charge on any atom is 0.0386 e. The second-order valence-electron chi connectivity index (χ2n) is 4.06. The highest BCUT2D eigenvalue weighted by Gasteiger charge is 2.11. The summed E-state index contributed by atoms with van der Waals surface area (Å²) in [6.45, 7) is 6.30. The lowest BCUT2D eigenvalue weighted by Gasteiger charge is -2.07. The van der Waals surface area contributed by atoms with Crippen LogP contribution < -0.4 is 5.73 Å². The maximum atomic E-state index is 5.97. The second-order valence-corrected chi connectivity index (χ2v) is 6.17. The van der Waals surface area contributed by atoms with E-state index in [0.717, 1.165) is 15.7 Å². The van der Waals surface area contributed by atoms with Crippen molar-refractivity contribution in [2.24, 2.45) is 0 Å². The van der Waals surface area contributed by atoms with Crippen molar-refractivity contribution >= 4 is 33.0 Å². The van der Waals surface area contributed by atoms with Gasteiger partial charge in [-0.05, 0) is 50.1 Å². The van der Waals surface area contributed by atoms with Gasteiger partial charge < -0.3 is 5.73 Å². The van der Waals surface area contributed by atoms with Gasteiger partial charge in [-0.2, -0.15) is 0 Å². The molecule has 1 aromatic carbocycles. The van der Waals surface area contributed by atoms with Gasteiger partial charge in [0.15, 0.2) is 0 Å². The molecule has 0 amide bonds. The van der Waals surface area contributed by atoms with Crippen molar-refractivity contribution in [2.75, 3.05) is 5.73 Å². The predicted octanol–water partition coefficient (Wildman–Crippen LogP) is 4.69. The molecule has 3 heteroatoms. The van der Waals surface area contributed by atoms with Crippen molar-refractivity contribution in [1.29, 1.82) is 0 Å². The Bertz CT molecular complexity index is 543. The summed E-state index contributed by atoms with van der Waals surface area (Å²) in [5, 5.41) is 0. The highest BCUT2D eigenvalue weighted by atomic mass is 79.9. The number of benzene rings is 1. The molecular formula is C13H14BrNS. The molecule has 0 aliphatic rings. The van der Waals surface area contributed by atoms with E-state index in [1.54, 1.807) is 0 Å². The number of nitrogen functional groups attached to an aromatic ring is 1. The Labute approximate surface area is 108 Å². The number of thiophene rings is 1. The van der Waals surface area contributed by atoms with Gasteiger partial charge in [-0.25, -0.2) is 0 Å². The topological polar surface area (TPSA) is 26.0 Å². The Morgan fingerprint density at radius 2 is 1.75 bits per heavy atom. The highest BCUT2D eigenvalue weighted by molar-refractivity contribution is 9.10. The molecule has 1 aromatic heterocycles. The van der Waals surface area contributed by atoms with Gasteiger partial charge in [-0.15, -0.1) is 11.3 Å². The lowest BCUT2D eigenvalue weighted by molar-refractivity contribution is 1.44. The van der Waals surface area contributed by atoms with E-state index in [1.807, 2.05) is 18.3 Å². The molecule has 1 nitrogen and oxygen atoms in total. The molecule has 1 heterocycles. The molecule has 0 aliphatic heterocycles. The number of aryl methyl sites for hydroxylation is 3. The summed E-state index contributed by atoms with van der Waals surface area (Å²) in [6.07, 6.45) is 0. The predicted molar refractivity (Wildman–Crippen MR) is 76.1 cm³/mol. The van der Waals surface area contributed by atoms with Crippen LogP contribution in [0.3, 0.4) is 0 Å². The first kappa shape index (κ1) is 11.7. The van der Waals surface area contributed by atoms with Gasteiger partial charge in [-0.1, -0.05) is 15.9 Å². The largest absolute Gasteiger partial charge is 0.398 e. The zero-order valence-corrected chi connectivity index (χ0v) is 12.0. The van der Waals surface area contributed by atoms with Crippen LogP contribution >= 0.6 is 27.3 Å². The summed E-state index contributed by atoms with van der Waals surface area (Å²) in [5.41, 5.74) is 10.4. The molecule has 2 aromatic rings. The third kappa shape index (κ3) is 2.02. The van der Waals surface area contributed by atoms with Crippen molar-refractivity contribution in [3.05, 3.63) is 38.7 Å². The standard InChI is InChI=1S/C13H14BrNS/c1-7-5-11(14)10(6-12(7)15)13-8(2)4-9(3)16-13/h4-6H,15H2,1-3H3. The third-order valence-electron chi connectivity index (χ3n) is 2.64. The smallest absolute Gasteiger partial charge is 0.0386 e. The molecule has 0 aliphatic carbocycles. The molecule has 2 N–H and O–H groups in total. The van der Waals surface area contributed by atoms with Crippen LogP contribution in [-0.4, -0.2) is 0 Å². The van der Waals surface area contributed by atoms with E-state index in [2.05, 4.69) is 48.0 Å². The molecule has 16 heavy (non-hydrogen) atoms. The summed E-state index contributed by atoms with van der Waals surface area (Å²) in [5.74, 6) is 0. The van der Waals surface area contributed by atoms with E-state index < -0.39 is 0 Å². The fourth-order valence-corrected chi connectivity index (χ4v) is 3.62. The van der Waals surface area contributed by atoms with Crippen LogP contribution in [-0.2, 0) is 0 Å². The van der Waals surface area contributed by atoms with Crippen LogP contribution in [0.25, 0.3) is 10.4 Å². The van der Waals surface area contributed by atoms with Crippen molar-refractivity contribution in [2.45, 2.75) is 20.8 Å². The van der Waals surface area contributed by atoms with Crippen molar-refractivity contribution < 1.29 is 0 Å². The Morgan fingerprint density at radius 1 is 1.06 bits per heavy atom. The lowest BCUT2D eigenvalue weighted by atomic mass is 10.1. The number of hydrogen-bond donors (Lipinski definition) is 1. The van der Waals surface area contributed by atoms with E-state index in [-0.39, 0.29) is 0 Å². The first-order valence-electron chi connectivity index (χ1n) is 5.12. The normalized spacial score (nSPS) is 10.8. The van der Waals surface area contributed by atoms with E-state index in [4.69, 9.17) is 5.73 Å². The van der Waals surface area contributed by atoms with Crippen molar-refractivity contribution in [3.63, 3.8) is 0 Å². The molecule has 0 spiro atoms. The third-order valence-corrected chi connectivity index (χ3v) is 4.48. The van der Waals surface area contributed by atoms with E-state index >= 15 is 0 Å². The summed E-state index contributed by atoms with van der Waals surface area (Å²) in [7, 11) is 0. The fraction of sp³-hybridized carbons (Fsp3) is 0.231. The van der Waals surface area contributed by atoms with Gasteiger partial charge in [0.05, 0.1) is 0 Å². The molecule has 0 fully saturated rings. The molecule has 0 saturated heterocycles. The van der Waals surface area contributed by atoms with Gasteiger partial charge in [0.25, 0.3) is 0 Å². The maximum absolute atomic E-state index is 5.97. The summed E-state index contributed by atoms with van der Waals surface area (Å²) in [4.78, 5) is 2.63. The number of rotatable bonds is 1. The Hall–Kier alpha value is -0.800. The Kier molecular flexibility index (Phi) is 3.08. The summed E-state index contributed by atoms with van der Waals surface area (Å²) >= 11 is 5.42. The number of hydrogen-bond acceptors (Lipinski definition) is 2. The zero-order chi connectivity index (χ0) is 11.9. The minimum absolute atomic E-state index is 0.851. The van der Waals surface area contributed by atoms with Crippen molar-refractivity contribution in [3.8, 4) is 10.4 Å². The minimum atomic E-state index is 0.851. The van der Waals surface area contributed by atoms with Gasteiger partial charge in [0.1, 0.15) is 0 Å². The first-order chi connectivity index (χ1) is 7.49. The van der Waals surface area contributed by atoms with E-state index in [9.17, 15) is 0 Å². The quantitative estimate of drug-likeness (QED) is 0.759. The molecule has 2 rings (SSSR count). The van der Waals surface area contributed by atoms with Gasteiger partial charge >= 0.3 is 0 Å². The summed E-state index contributed by atoms with van der Waals surface area (Å²) in [6, 6.07) is 6.35. The number of halogens is 1. The van der Waals surface area contributed by atoms with Crippen LogP contribution in [0.5, 0.6) is 0 Å². The zero-order valence-electron chi connectivity index (χ0n) is 9.60. The van der Waals surface area contributed by atoms with E-state index in [0.29, 0.717) is 0 Å². The SMILES string of the molecule is Cc1cc(C)c(-c2cc(N)c(C)cc2Br)s1. The number of anilines is 1. The molecule has 0 bridgehead atoms.